The van der Waals surface area contributed by atoms with Crippen molar-refractivity contribution < 1.29 is 73.2 Å². The molecule has 0 aromatic rings. The van der Waals surface area contributed by atoms with Gasteiger partial charge in [-0.1, -0.05) is 41.5 Å². The lowest BCUT2D eigenvalue weighted by Crippen LogP contribution is -2.63. The molecule has 0 unspecified atom stereocenters. The Hall–Kier alpha value is -5.29. The third-order valence-corrected chi connectivity index (χ3v) is 10.2. The van der Waals surface area contributed by atoms with Gasteiger partial charge in [-0.3, -0.25) is 47.9 Å². The first-order valence-electron chi connectivity index (χ1n) is 21.2. The molecule has 0 fully saturated rings. The summed E-state index contributed by atoms with van der Waals surface area (Å²) >= 11 is 7.95. The van der Waals surface area contributed by atoms with E-state index in [1.165, 1.54) is 0 Å². The van der Waals surface area contributed by atoms with Crippen LogP contribution in [0.25, 0.3) is 0 Å². The monoisotopic (exact) mass is 995 g/mol. The lowest BCUT2D eigenvalue weighted by Gasteiger charge is -2.29. The van der Waals surface area contributed by atoms with Crippen molar-refractivity contribution in [2.75, 3.05) is 31.3 Å². The van der Waals surface area contributed by atoms with Crippen molar-refractivity contribution in [3.63, 3.8) is 0 Å². The molecule has 382 valence electrons. The van der Waals surface area contributed by atoms with Crippen LogP contribution in [0.4, 0.5) is 0 Å². The molecule has 0 aliphatic carbocycles. The van der Waals surface area contributed by atoms with E-state index >= 15 is 0 Å². The van der Waals surface area contributed by atoms with Gasteiger partial charge in [0.15, 0.2) is 0 Å². The largest absolute Gasteiger partial charge is 0.480 e. The molecule has 0 aliphatic rings. The van der Waals surface area contributed by atoms with Crippen LogP contribution in [0, 0.1) is 17.8 Å². The zero-order chi connectivity index (χ0) is 51.9. The lowest BCUT2D eigenvalue weighted by atomic mass is 9.99. The molecule has 17 N–H and O–H groups in total. The summed E-state index contributed by atoms with van der Waals surface area (Å²) < 4.78 is 0. The predicted octanol–water partition coefficient (Wildman–Crippen LogP) is -6.76. The second-order valence-electron chi connectivity index (χ2n) is 16.6. The molecule has 0 aromatic heterocycles. The van der Waals surface area contributed by atoms with E-state index < -0.39 is 151 Å². The molecular formula is C39H69N11O15S2. The molecule has 10 amide bonds. The molecule has 0 heterocycles. The van der Waals surface area contributed by atoms with Crippen LogP contribution < -0.4 is 59.3 Å². The van der Waals surface area contributed by atoms with Gasteiger partial charge in [-0.2, -0.15) is 25.3 Å². The summed E-state index contributed by atoms with van der Waals surface area (Å²) in [4.78, 5) is 142. The minimum absolute atomic E-state index is 0.0393. The fourth-order valence-electron chi connectivity index (χ4n) is 5.90. The average Bonchev–Trinajstić information content (AvgIpc) is 3.24. The first-order valence-corrected chi connectivity index (χ1v) is 22.5. The van der Waals surface area contributed by atoms with Crippen LogP contribution in [-0.2, 0) is 52.7 Å². The molecule has 0 spiro atoms. The number of carboxylic acid groups (broad SMARTS) is 1. The summed E-state index contributed by atoms with van der Waals surface area (Å²) in [6.07, 6.45) is -2.42. The third-order valence-electron chi connectivity index (χ3n) is 9.48. The zero-order valence-corrected chi connectivity index (χ0v) is 40.3. The molecule has 0 rings (SSSR count). The number of carbonyl (C=O) groups excluding carboxylic acids is 10. The van der Waals surface area contributed by atoms with E-state index in [-0.39, 0.29) is 42.7 Å². The highest BCUT2D eigenvalue weighted by Crippen LogP contribution is 2.10. The van der Waals surface area contributed by atoms with Gasteiger partial charge in [0.2, 0.25) is 59.1 Å². The number of aliphatic carboxylic acids is 1. The van der Waals surface area contributed by atoms with Crippen molar-refractivity contribution in [3.05, 3.63) is 0 Å². The van der Waals surface area contributed by atoms with Crippen LogP contribution in [0.3, 0.4) is 0 Å². The molecule has 0 saturated heterocycles. The number of primary amides is 1. The number of hydrogen-bond donors (Lipinski definition) is 17. The highest BCUT2D eigenvalue weighted by Gasteiger charge is 2.37. The van der Waals surface area contributed by atoms with Gasteiger partial charge >= 0.3 is 5.97 Å². The lowest BCUT2D eigenvalue weighted by molar-refractivity contribution is -0.142. The molecule has 26 nitrogen and oxygen atoms in total. The highest BCUT2D eigenvalue weighted by molar-refractivity contribution is 7.80. The van der Waals surface area contributed by atoms with Crippen molar-refractivity contribution in [2.24, 2.45) is 29.2 Å². The highest BCUT2D eigenvalue weighted by atomic mass is 32.1. The van der Waals surface area contributed by atoms with Crippen LogP contribution in [0.2, 0.25) is 0 Å². The normalized spacial score (nSPS) is 15.7. The molecule has 10 atom stereocenters. The summed E-state index contributed by atoms with van der Waals surface area (Å²) in [5, 5.41) is 60.2. The van der Waals surface area contributed by atoms with Crippen LogP contribution in [0.1, 0.15) is 67.7 Å². The number of aliphatic hydroxyl groups is 3. The number of hydrogen-bond acceptors (Lipinski definition) is 17. The van der Waals surface area contributed by atoms with E-state index in [0.29, 0.717) is 0 Å². The maximum absolute atomic E-state index is 13.6. The van der Waals surface area contributed by atoms with Gasteiger partial charge < -0.3 is 79.7 Å². The Labute approximate surface area is 398 Å². The van der Waals surface area contributed by atoms with Gasteiger partial charge in [-0.15, -0.1) is 0 Å². The Balaban J connectivity index is 6.16. The second kappa shape index (κ2) is 30.9. The molecule has 67 heavy (non-hydrogen) atoms. The Morgan fingerprint density at radius 2 is 0.821 bits per heavy atom. The topological polar surface area (TPSA) is 429 Å². The predicted molar refractivity (Wildman–Crippen MR) is 245 cm³/mol. The summed E-state index contributed by atoms with van der Waals surface area (Å²) in [6.45, 7) is 8.75. The average molecular weight is 996 g/mol. The molecule has 0 bridgehead atoms. The van der Waals surface area contributed by atoms with Crippen molar-refractivity contribution in [1.82, 2.24) is 47.9 Å². The van der Waals surface area contributed by atoms with Crippen LogP contribution in [0.15, 0.2) is 0 Å². The summed E-state index contributed by atoms with van der Waals surface area (Å²) in [7, 11) is 0. The molecule has 0 saturated carbocycles. The maximum atomic E-state index is 13.6. The first kappa shape index (κ1) is 61.7. The smallest absolute Gasteiger partial charge is 0.327 e. The Morgan fingerprint density at radius 1 is 0.478 bits per heavy atom. The van der Waals surface area contributed by atoms with E-state index in [2.05, 4.69) is 73.1 Å². The maximum Gasteiger partial charge on any atom is 0.327 e. The van der Waals surface area contributed by atoms with Crippen molar-refractivity contribution in [1.29, 1.82) is 0 Å². The SMILES string of the molecule is CC(C)C[C@H](NC(=O)CN)C(=O)N[C@H](C(=O)N[C@@H](CS)C(=O)N[C@H](C(=O)N[C@@H](CO)C(=O)N[C@@H](CC(C)C)C(=O)N[C@@H](CC(N)=O)C(=O)N[C@@H](CO)C(=O)N[C@@H](CS)C(=O)O)[C@@H](C)O)C(C)C. The fraction of sp³-hybridized carbons (Fsp3) is 0.718. The van der Waals surface area contributed by atoms with Crippen LogP contribution in [-0.4, -0.2) is 177 Å². The number of carboxylic acids is 1. The standard InChI is InChI=1S/C39H69N11O15S2/c1-16(2)8-20(42-28(55)11-40)33(58)49-29(18(5)6)37(62)47-25(14-66)36(61)50-30(19(7)53)38(63)46-24(13-52)34(59)43-21(9-17(3)4)31(56)44-22(10-27(41)54)32(57)45-23(12-51)35(60)48-26(15-67)39(64)65/h16-26,29-30,51-53,66-67H,8-15,40H2,1-7H3,(H2,41,54)(H,42,55)(H,43,59)(H,44,56)(H,45,57)(H,46,63)(H,47,62)(H,48,60)(H,49,58)(H,50,61)(H,64,65)/t19-,20+,21+,22+,23+,24+,25+,26+,29+,30+/m1/s1. The molecule has 28 heteroatoms. The molecule has 0 aromatic carbocycles. The Morgan fingerprint density at radius 3 is 1.22 bits per heavy atom. The molecule has 0 radical (unpaired) electrons. The summed E-state index contributed by atoms with van der Waals surface area (Å²) in [6, 6.07) is -14.0. The number of aliphatic hydroxyl groups excluding tert-OH is 3. The van der Waals surface area contributed by atoms with Crippen LogP contribution in [0.5, 0.6) is 0 Å². The summed E-state index contributed by atoms with van der Waals surface area (Å²) in [5.74, 6) is -13.2. The quantitative estimate of drug-likeness (QED) is 0.0287. The first-order chi connectivity index (χ1) is 31.2. The van der Waals surface area contributed by atoms with E-state index in [1.54, 1.807) is 27.7 Å². The number of nitrogens with two attached hydrogens (primary N) is 2. The Kier molecular flexibility index (Phi) is 28.4. The minimum Gasteiger partial charge on any atom is -0.480 e. The second-order valence-corrected chi connectivity index (χ2v) is 17.4. The van der Waals surface area contributed by atoms with Gasteiger partial charge in [0, 0.05) is 11.5 Å². The van der Waals surface area contributed by atoms with E-state index in [1.807, 2.05) is 13.8 Å². The van der Waals surface area contributed by atoms with E-state index in [4.69, 9.17) is 11.5 Å². The van der Waals surface area contributed by atoms with Gasteiger partial charge in [-0.05, 0) is 37.5 Å². The van der Waals surface area contributed by atoms with E-state index in [9.17, 15) is 73.2 Å². The van der Waals surface area contributed by atoms with E-state index in [0.717, 1.165) is 6.92 Å². The number of rotatable bonds is 31. The van der Waals surface area contributed by atoms with Gasteiger partial charge in [-0.25, -0.2) is 4.79 Å². The van der Waals surface area contributed by atoms with Gasteiger partial charge in [0.1, 0.15) is 54.4 Å². The molecule has 0 aliphatic heterocycles. The Bertz CT molecular complexity index is 1740. The van der Waals surface area contributed by atoms with Crippen molar-refractivity contribution >= 4 is 90.3 Å². The van der Waals surface area contributed by atoms with Crippen molar-refractivity contribution in [3.8, 4) is 0 Å². The number of carbonyl (C=O) groups is 11. The number of thiol groups is 2. The van der Waals surface area contributed by atoms with Gasteiger partial charge in [0.05, 0.1) is 32.3 Å². The van der Waals surface area contributed by atoms with Crippen molar-refractivity contribution in [2.45, 2.75) is 128 Å². The molecular weight excluding hydrogens is 927 g/mol. The van der Waals surface area contributed by atoms with Crippen LogP contribution >= 0.6 is 25.3 Å². The minimum atomic E-state index is -1.83. The number of nitrogens with one attached hydrogen (secondary N) is 9. The summed E-state index contributed by atoms with van der Waals surface area (Å²) in [5.41, 5.74) is 10.7. The third kappa shape index (κ3) is 22.4. The van der Waals surface area contributed by atoms with Gasteiger partial charge in [0.25, 0.3) is 0 Å². The fourth-order valence-corrected chi connectivity index (χ4v) is 6.40. The zero-order valence-electron chi connectivity index (χ0n) is 38.5. The number of amides is 10.